The fraction of sp³-hybridized carbons (Fsp3) is 0.350. The number of sulfonamides is 1. The van der Waals surface area contributed by atoms with Crippen LogP contribution in [0.5, 0.6) is 5.75 Å². The van der Waals surface area contributed by atoms with Crippen molar-refractivity contribution in [2.24, 2.45) is 0 Å². The van der Waals surface area contributed by atoms with Crippen molar-refractivity contribution in [2.75, 3.05) is 45.7 Å². The summed E-state index contributed by atoms with van der Waals surface area (Å²) >= 11 is 0. The summed E-state index contributed by atoms with van der Waals surface area (Å²) in [7, 11) is -0.669. The average Bonchev–Trinajstić information content (AvgIpc) is 2.73. The van der Waals surface area contributed by atoms with Gasteiger partial charge in [-0.25, -0.2) is 8.42 Å². The first-order valence-corrected chi connectivity index (χ1v) is 10.8. The number of amides is 1. The molecular weight excluding hydrogens is 435 g/mol. The van der Waals surface area contributed by atoms with Crippen LogP contribution in [0, 0.1) is 0 Å². The second kappa shape index (κ2) is 8.85. The third-order valence-electron chi connectivity index (χ3n) is 4.98. The minimum Gasteiger partial charge on any atom is -0.495 e. The molecule has 0 aromatic heterocycles. The molecule has 1 aliphatic heterocycles. The van der Waals surface area contributed by atoms with E-state index < -0.39 is 27.7 Å². The number of hydrogen-bond donors (Lipinski definition) is 1. The predicted octanol–water partition coefficient (Wildman–Crippen LogP) is 2.90. The summed E-state index contributed by atoms with van der Waals surface area (Å²) in [6.07, 6.45) is -4.48. The maximum Gasteiger partial charge on any atom is 0.416 e. The summed E-state index contributed by atoms with van der Waals surface area (Å²) in [5.41, 5.74) is -0.652. The molecule has 1 amide bonds. The Morgan fingerprint density at radius 1 is 1.03 bits per heavy atom. The van der Waals surface area contributed by atoms with Crippen LogP contribution in [-0.4, -0.2) is 63.9 Å². The molecule has 0 atom stereocenters. The topological polar surface area (TPSA) is 78.9 Å². The van der Waals surface area contributed by atoms with Crippen molar-refractivity contribution in [3.63, 3.8) is 0 Å². The number of nitrogens with zero attached hydrogens (tertiary/aromatic N) is 2. The Kier molecular flexibility index (Phi) is 6.58. The number of likely N-dealkylation sites (N-methyl/N-ethyl adjacent to an activating group) is 1. The molecule has 7 nitrogen and oxygen atoms in total. The van der Waals surface area contributed by atoms with Crippen LogP contribution in [0.25, 0.3) is 0 Å². The molecular formula is C20H22F3N3O4S. The molecule has 1 heterocycles. The lowest BCUT2D eigenvalue weighted by atomic mass is 10.1. The molecule has 0 bridgehead atoms. The quantitative estimate of drug-likeness (QED) is 0.747. The lowest BCUT2D eigenvalue weighted by molar-refractivity contribution is -0.137. The van der Waals surface area contributed by atoms with Gasteiger partial charge in [-0.1, -0.05) is 0 Å². The van der Waals surface area contributed by atoms with Gasteiger partial charge < -0.3 is 15.0 Å². The van der Waals surface area contributed by atoms with E-state index in [1.165, 1.54) is 29.6 Å². The summed E-state index contributed by atoms with van der Waals surface area (Å²) in [6, 6.07) is 7.95. The van der Waals surface area contributed by atoms with Crippen molar-refractivity contribution >= 4 is 21.6 Å². The zero-order chi connectivity index (χ0) is 22.8. The van der Waals surface area contributed by atoms with Gasteiger partial charge in [0.15, 0.2) is 0 Å². The zero-order valence-corrected chi connectivity index (χ0v) is 17.8. The van der Waals surface area contributed by atoms with E-state index in [1.807, 2.05) is 11.9 Å². The van der Waals surface area contributed by atoms with Crippen molar-refractivity contribution in [3.8, 4) is 5.75 Å². The highest BCUT2D eigenvalue weighted by atomic mass is 32.2. The van der Waals surface area contributed by atoms with Crippen LogP contribution in [0.1, 0.15) is 15.9 Å². The number of alkyl halides is 3. The largest absolute Gasteiger partial charge is 0.495 e. The first-order valence-electron chi connectivity index (χ1n) is 9.38. The lowest BCUT2D eigenvalue weighted by Crippen LogP contribution is -2.47. The van der Waals surface area contributed by atoms with Crippen molar-refractivity contribution in [2.45, 2.75) is 11.1 Å². The zero-order valence-electron chi connectivity index (χ0n) is 16.9. The first-order chi connectivity index (χ1) is 14.5. The van der Waals surface area contributed by atoms with Gasteiger partial charge in [-0.15, -0.1) is 0 Å². The third kappa shape index (κ3) is 5.17. The van der Waals surface area contributed by atoms with Gasteiger partial charge in [0.05, 0.1) is 12.7 Å². The summed E-state index contributed by atoms with van der Waals surface area (Å²) in [5.74, 6) is -0.553. The number of nitrogens with one attached hydrogen (secondary N) is 1. The van der Waals surface area contributed by atoms with E-state index in [2.05, 4.69) is 5.32 Å². The summed E-state index contributed by atoms with van der Waals surface area (Å²) in [6.45, 7) is 1.78. The Bertz CT molecular complexity index is 1050. The van der Waals surface area contributed by atoms with Crippen LogP contribution >= 0.6 is 0 Å². The molecule has 3 rings (SSSR count). The monoisotopic (exact) mass is 457 g/mol. The number of ether oxygens (including phenoxy) is 1. The van der Waals surface area contributed by atoms with E-state index >= 15 is 0 Å². The van der Waals surface area contributed by atoms with Gasteiger partial charge in [0, 0.05) is 37.4 Å². The maximum atomic E-state index is 13.1. The number of carbonyl (C=O) groups excluding carboxylic acids is 1. The number of rotatable bonds is 5. The molecule has 31 heavy (non-hydrogen) atoms. The Morgan fingerprint density at radius 3 is 2.19 bits per heavy atom. The maximum absolute atomic E-state index is 13.1. The van der Waals surface area contributed by atoms with E-state index in [0.29, 0.717) is 26.2 Å². The highest BCUT2D eigenvalue weighted by molar-refractivity contribution is 7.89. The van der Waals surface area contributed by atoms with Crippen LogP contribution < -0.4 is 10.1 Å². The Morgan fingerprint density at radius 2 is 1.65 bits per heavy atom. The van der Waals surface area contributed by atoms with Crippen molar-refractivity contribution < 1.29 is 31.1 Å². The van der Waals surface area contributed by atoms with Gasteiger partial charge in [-0.3, -0.25) is 4.79 Å². The van der Waals surface area contributed by atoms with Crippen molar-refractivity contribution in [3.05, 3.63) is 53.6 Å². The van der Waals surface area contributed by atoms with Crippen LogP contribution in [0.4, 0.5) is 18.9 Å². The molecule has 0 aliphatic carbocycles. The van der Waals surface area contributed by atoms with Crippen LogP contribution in [0.2, 0.25) is 0 Å². The number of piperazine rings is 1. The van der Waals surface area contributed by atoms with Crippen LogP contribution in [-0.2, 0) is 16.2 Å². The SMILES string of the molecule is COc1ccc(C(=O)Nc2ccc(C(F)(F)F)cc2)cc1S(=O)(=O)N1CCN(C)CC1. The van der Waals surface area contributed by atoms with Crippen molar-refractivity contribution in [1.82, 2.24) is 9.21 Å². The predicted molar refractivity (Wildman–Crippen MR) is 109 cm³/mol. The molecule has 2 aromatic rings. The summed E-state index contributed by atoms with van der Waals surface area (Å²) < 4.78 is 70.8. The van der Waals surface area contributed by atoms with E-state index in [1.54, 1.807) is 0 Å². The minimum absolute atomic E-state index is 0.0356. The highest BCUT2D eigenvalue weighted by Gasteiger charge is 2.31. The molecule has 1 fully saturated rings. The first kappa shape index (κ1) is 23.0. The second-order valence-electron chi connectivity index (χ2n) is 7.10. The van der Waals surface area contributed by atoms with Gasteiger partial charge in [0.2, 0.25) is 10.0 Å². The standard InChI is InChI=1S/C20H22F3N3O4S/c1-25-9-11-26(12-10-25)31(28,29)18-13-14(3-8-17(18)30-2)19(27)24-16-6-4-15(5-7-16)20(21,22)23/h3-8,13H,9-12H2,1-2H3,(H,24,27). The third-order valence-corrected chi connectivity index (χ3v) is 6.90. The van der Waals surface area contributed by atoms with Crippen LogP contribution in [0.3, 0.4) is 0 Å². The summed E-state index contributed by atoms with van der Waals surface area (Å²) in [5, 5.41) is 2.48. The molecule has 2 aromatic carbocycles. The van der Waals surface area contributed by atoms with E-state index in [4.69, 9.17) is 4.74 Å². The van der Waals surface area contributed by atoms with E-state index in [9.17, 15) is 26.4 Å². The Hall–Kier alpha value is -2.63. The fourth-order valence-corrected chi connectivity index (χ4v) is 4.74. The van der Waals surface area contributed by atoms with E-state index in [0.717, 1.165) is 24.3 Å². The van der Waals surface area contributed by atoms with Gasteiger partial charge in [-0.2, -0.15) is 17.5 Å². The minimum atomic E-state index is -4.48. The summed E-state index contributed by atoms with van der Waals surface area (Å²) in [4.78, 5) is 14.5. The molecule has 0 radical (unpaired) electrons. The van der Waals surface area contributed by atoms with Gasteiger partial charge >= 0.3 is 6.18 Å². The second-order valence-corrected chi connectivity index (χ2v) is 9.01. The molecule has 11 heteroatoms. The average molecular weight is 457 g/mol. The molecule has 0 spiro atoms. The van der Waals surface area contributed by atoms with Gasteiger partial charge in [-0.05, 0) is 49.5 Å². The molecule has 1 saturated heterocycles. The normalized spacial score (nSPS) is 16.2. The lowest BCUT2D eigenvalue weighted by Gasteiger charge is -2.31. The van der Waals surface area contributed by atoms with Gasteiger partial charge in [0.1, 0.15) is 10.6 Å². The number of carbonyl (C=O) groups is 1. The van der Waals surface area contributed by atoms with Gasteiger partial charge in [0.25, 0.3) is 5.91 Å². The number of halogens is 3. The molecule has 1 aliphatic rings. The van der Waals surface area contributed by atoms with E-state index in [-0.39, 0.29) is 21.9 Å². The fourth-order valence-electron chi connectivity index (χ4n) is 3.13. The molecule has 0 unspecified atom stereocenters. The Labute approximate surface area is 178 Å². The van der Waals surface area contributed by atoms with Crippen molar-refractivity contribution in [1.29, 1.82) is 0 Å². The molecule has 0 saturated carbocycles. The number of methoxy groups -OCH3 is 1. The number of benzene rings is 2. The Balaban J connectivity index is 1.85. The number of hydrogen-bond acceptors (Lipinski definition) is 5. The molecule has 168 valence electrons. The number of anilines is 1. The smallest absolute Gasteiger partial charge is 0.416 e. The molecule has 1 N–H and O–H groups in total. The highest BCUT2D eigenvalue weighted by Crippen LogP contribution is 2.31. The van der Waals surface area contributed by atoms with Crippen LogP contribution in [0.15, 0.2) is 47.4 Å².